The van der Waals surface area contributed by atoms with Gasteiger partial charge in [-0.05, 0) is 63.6 Å². The summed E-state index contributed by atoms with van der Waals surface area (Å²) in [4.78, 5) is 1.32. The molecule has 3 aliphatic carbocycles. The van der Waals surface area contributed by atoms with Gasteiger partial charge in [0.25, 0.3) is 0 Å². The maximum atomic E-state index is 5.60. The zero-order chi connectivity index (χ0) is 27.6. The molecule has 5 heteroatoms. The average molecular weight is 552 g/mol. The van der Waals surface area contributed by atoms with E-state index < -0.39 is 0 Å². The van der Waals surface area contributed by atoms with Gasteiger partial charge in [0, 0.05) is 53.9 Å². The van der Waals surface area contributed by atoms with Gasteiger partial charge in [-0.1, -0.05) is 93.5 Å². The van der Waals surface area contributed by atoms with Crippen molar-refractivity contribution in [1.82, 2.24) is 5.32 Å². The predicted octanol–water partition coefficient (Wildman–Crippen LogP) is 7.59. The van der Waals surface area contributed by atoms with E-state index >= 15 is 0 Å². The predicted molar refractivity (Wildman–Crippen MR) is 176 cm³/mol. The minimum Gasteiger partial charge on any atom is -0.384 e. The number of hydrogen-bond acceptors (Lipinski definition) is 5. The van der Waals surface area contributed by atoms with Crippen molar-refractivity contribution in [2.75, 3.05) is 31.5 Å². The van der Waals surface area contributed by atoms with E-state index in [1.54, 1.807) is 0 Å². The third kappa shape index (κ3) is 7.41. The van der Waals surface area contributed by atoms with Gasteiger partial charge in [0.1, 0.15) is 0 Å². The van der Waals surface area contributed by atoms with Crippen molar-refractivity contribution >= 4 is 33.2 Å². The second-order valence-electron chi connectivity index (χ2n) is 10.7. The highest BCUT2D eigenvalue weighted by Gasteiger charge is 2.18. The molecule has 0 amide bonds. The third-order valence-corrected chi connectivity index (χ3v) is 8.89. The monoisotopic (exact) mass is 551 g/mol. The minimum atomic E-state index is 0.252. The lowest BCUT2D eigenvalue weighted by Crippen LogP contribution is -2.31. The molecule has 2 aromatic carbocycles. The molecule has 0 bridgehead atoms. The molecule has 1 heterocycles. The van der Waals surface area contributed by atoms with Crippen LogP contribution in [0, 0.1) is 6.42 Å². The summed E-state index contributed by atoms with van der Waals surface area (Å²) in [6.45, 7) is 2.87. The maximum absolute atomic E-state index is 5.60. The second-order valence-corrected chi connectivity index (χ2v) is 11.8. The van der Waals surface area contributed by atoms with E-state index in [1.165, 1.54) is 87.7 Å². The van der Waals surface area contributed by atoms with Crippen LogP contribution in [0.25, 0.3) is 27.3 Å². The van der Waals surface area contributed by atoms with Gasteiger partial charge in [-0.2, -0.15) is 0 Å². The van der Waals surface area contributed by atoms with Crippen LogP contribution < -0.4 is 22.1 Å². The van der Waals surface area contributed by atoms with Gasteiger partial charge in [-0.3, -0.25) is 0 Å². The molecule has 1 aromatic heterocycles. The number of thiophene rings is 1. The lowest BCUT2D eigenvalue weighted by atomic mass is 9.90. The topological polar surface area (TPSA) is 76.1 Å². The molecule has 6 N–H and O–H groups in total. The fourth-order valence-corrected chi connectivity index (χ4v) is 6.55. The van der Waals surface area contributed by atoms with Crippen LogP contribution in [-0.2, 0) is 0 Å². The van der Waals surface area contributed by atoms with Crippen LogP contribution in [0.15, 0.2) is 84.0 Å². The summed E-state index contributed by atoms with van der Waals surface area (Å²) >= 11 is 1.85. The van der Waals surface area contributed by atoms with Gasteiger partial charge >= 0.3 is 0 Å². The Kier molecular flexibility index (Phi) is 10.4. The number of hydrogen-bond donors (Lipinski definition) is 4. The summed E-state index contributed by atoms with van der Waals surface area (Å²) < 4.78 is 1.32. The summed E-state index contributed by atoms with van der Waals surface area (Å²) in [5.74, 6) is 0. The van der Waals surface area contributed by atoms with Gasteiger partial charge in [-0.15, -0.1) is 11.3 Å². The molecule has 0 saturated heterocycles. The smallest absolute Gasteiger partial charge is 0.0442 e. The Balaban J connectivity index is 0.000000403. The molecule has 4 nitrogen and oxygen atoms in total. The van der Waals surface area contributed by atoms with Crippen molar-refractivity contribution in [3.8, 4) is 11.1 Å². The van der Waals surface area contributed by atoms with E-state index in [9.17, 15) is 0 Å². The Hall–Kier alpha value is -2.96. The molecule has 6 rings (SSSR count). The molecule has 0 spiro atoms. The number of nitrogens with one attached hydrogen (secondary N) is 2. The fraction of sp³-hybridized carbons (Fsp3) is 0.343. The molecular weight excluding hydrogens is 508 g/mol. The first-order valence-electron chi connectivity index (χ1n) is 14.9. The quantitative estimate of drug-likeness (QED) is 0.228. The van der Waals surface area contributed by atoms with E-state index in [2.05, 4.69) is 96.0 Å². The number of rotatable bonds is 7. The lowest BCUT2D eigenvalue weighted by Gasteiger charge is -2.17. The summed E-state index contributed by atoms with van der Waals surface area (Å²) in [7, 11) is 0. The van der Waals surface area contributed by atoms with Crippen LogP contribution in [0.5, 0.6) is 0 Å². The molecule has 1 fully saturated rings. The summed E-state index contributed by atoms with van der Waals surface area (Å²) in [5.41, 5.74) is 18.5. The Morgan fingerprint density at radius 3 is 2.00 bits per heavy atom. The molecule has 0 aliphatic heterocycles. The molecular formula is C35H43N4S. The number of benzene rings is 2. The van der Waals surface area contributed by atoms with Crippen molar-refractivity contribution in [2.24, 2.45) is 11.5 Å². The molecule has 3 aromatic rings. The Labute approximate surface area is 243 Å². The normalized spacial score (nSPS) is 18.3. The summed E-state index contributed by atoms with van der Waals surface area (Å²) in [6.07, 6.45) is 26.1. The first-order valence-corrected chi connectivity index (χ1v) is 15.7. The van der Waals surface area contributed by atoms with Gasteiger partial charge < -0.3 is 22.1 Å². The van der Waals surface area contributed by atoms with Crippen LogP contribution in [0.2, 0.25) is 0 Å². The van der Waals surface area contributed by atoms with Gasteiger partial charge in [0.15, 0.2) is 0 Å². The average Bonchev–Trinajstić information content (AvgIpc) is 3.15. The summed E-state index contributed by atoms with van der Waals surface area (Å²) in [6, 6.07) is 15.6. The van der Waals surface area contributed by atoms with Crippen LogP contribution in [0.4, 0.5) is 5.69 Å². The zero-order valence-electron chi connectivity index (χ0n) is 23.5. The van der Waals surface area contributed by atoms with E-state index in [0.29, 0.717) is 13.1 Å². The first kappa shape index (κ1) is 28.6. The highest BCUT2D eigenvalue weighted by Crippen LogP contribution is 2.40. The lowest BCUT2D eigenvalue weighted by molar-refractivity contribution is 0.676. The fourth-order valence-electron chi connectivity index (χ4n) is 5.48. The molecule has 1 radical (unpaired) electrons. The van der Waals surface area contributed by atoms with Crippen molar-refractivity contribution in [1.29, 1.82) is 0 Å². The SMILES string of the molecule is C1CCCCCC1.NCCNc1ccc(-c2ccc3sc4c(c3c2)[CH]C(=C2C=CC(NCCN)C=C2)C=C4)cc1. The standard InChI is InChI=1S/C28H29N4S.C7H14/c29-13-15-31-23-7-1-19(2-8-23)21-5-11-27-25(17-21)26-18-22(6-12-28(26)33-27)20-3-9-24(10-4-20)32-16-14-30;1-2-4-6-7-5-3-1/h1-12,17-18,23,31-32H,13-16,29-30H2;1-7H2. The highest BCUT2D eigenvalue weighted by molar-refractivity contribution is 7.20. The van der Waals surface area contributed by atoms with E-state index in [-0.39, 0.29) is 6.04 Å². The Bertz CT molecular complexity index is 1340. The highest BCUT2D eigenvalue weighted by atomic mass is 32.1. The van der Waals surface area contributed by atoms with Gasteiger partial charge in [0.2, 0.25) is 0 Å². The third-order valence-electron chi connectivity index (χ3n) is 7.73. The second kappa shape index (κ2) is 14.6. The van der Waals surface area contributed by atoms with E-state index in [1.807, 2.05) is 11.3 Å². The van der Waals surface area contributed by atoms with Crippen molar-refractivity contribution in [2.45, 2.75) is 51.0 Å². The van der Waals surface area contributed by atoms with Crippen molar-refractivity contribution in [3.05, 3.63) is 101 Å². The largest absolute Gasteiger partial charge is 0.384 e. The van der Waals surface area contributed by atoms with Crippen LogP contribution in [-0.4, -0.2) is 32.2 Å². The number of allylic oxidation sites excluding steroid dienone is 5. The van der Waals surface area contributed by atoms with Gasteiger partial charge in [0.05, 0.1) is 0 Å². The van der Waals surface area contributed by atoms with Crippen molar-refractivity contribution in [3.63, 3.8) is 0 Å². The molecule has 0 unspecified atom stereocenters. The van der Waals surface area contributed by atoms with Crippen LogP contribution >= 0.6 is 11.3 Å². The first-order chi connectivity index (χ1) is 19.7. The van der Waals surface area contributed by atoms with Crippen LogP contribution in [0.1, 0.15) is 55.4 Å². The number of fused-ring (bicyclic) bond motifs is 3. The number of anilines is 1. The molecule has 209 valence electrons. The molecule has 1 saturated carbocycles. The van der Waals surface area contributed by atoms with Crippen molar-refractivity contribution < 1.29 is 0 Å². The summed E-state index contributed by atoms with van der Waals surface area (Å²) in [5, 5.41) is 8.05. The van der Waals surface area contributed by atoms with E-state index in [4.69, 9.17) is 11.5 Å². The molecule has 0 atom stereocenters. The molecule has 40 heavy (non-hydrogen) atoms. The Morgan fingerprint density at radius 2 is 1.35 bits per heavy atom. The van der Waals surface area contributed by atoms with Gasteiger partial charge in [-0.25, -0.2) is 0 Å². The Morgan fingerprint density at radius 1 is 0.700 bits per heavy atom. The van der Waals surface area contributed by atoms with E-state index in [0.717, 1.165) is 18.8 Å². The minimum absolute atomic E-state index is 0.252. The molecule has 3 aliphatic rings. The number of nitrogens with two attached hydrogens (primary N) is 2. The zero-order valence-corrected chi connectivity index (χ0v) is 24.3. The maximum Gasteiger partial charge on any atom is 0.0442 e. The van der Waals surface area contributed by atoms with Crippen LogP contribution in [0.3, 0.4) is 0 Å².